The van der Waals surface area contributed by atoms with Crippen LogP contribution in [0.15, 0.2) is 36.4 Å². The molecule has 0 atom stereocenters. The van der Waals surface area contributed by atoms with Crippen molar-refractivity contribution in [2.45, 2.75) is 13.8 Å². The van der Waals surface area contributed by atoms with E-state index in [-0.39, 0.29) is 12.5 Å². The van der Waals surface area contributed by atoms with E-state index >= 15 is 0 Å². The molecule has 29 heavy (non-hydrogen) atoms. The monoisotopic (exact) mass is 396 g/mol. The van der Waals surface area contributed by atoms with Gasteiger partial charge in [-0.05, 0) is 50.2 Å². The number of anilines is 1. The average Bonchev–Trinajstić information content (AvgIpc) is 2.99. The van der Waals surface area contributed by atoms with Crippen molar-refractivity contribution in [3.63, 3.8) is 0 Å². The van der Waals surface area contributed by atoms with Gasteiger partial charge in [0.25, 0.3) is 5.91 Å². The van der Waals surface area contributed by atoms with Crippen molar-refractivity contribution in [2.24, 2.45) is 7.05 Å². The summed E-state index contributed by atoms with van der Waals surface area (Å²) < 4.78 is 17.8. The van der Waals surface area contributed by atoms with Gasteiger partial charge in [-0.3, -0.25) is 4.79 Å². The molecular formula is C22H24N2O5. The van der Waals surface area contributed by atoms with Gasteiger partial charge < -0.3 is 24.1 Å². The minimum absolute atomic E-state index is 0.256. The minimum atomic E-state index is -0.441. The van der Waals surface area contributed by atoms with E-state index in [1.54, 1.807) is 44.4 Å². The fourth-order valence-electron chi connectivity index (χ4n) is 3.31. The first-order chi connectivity index (χ1) is 13.9. The lowest BCUT2D eigenvalue weighted by Gasteiger charge is -2.13. The molecular weight excluding hydrogens is 372 g/mol. The zero-order valence-corrected chi connectivity index (χ0v) is 17.2. The molecule has 0 aliphatic carbocycles. The number of fused-ring (bicyclic) bond motifs is 1. The Hall–Kier alpha value is -3.48. The summed E-state index contributed by atoms with van der Waals surface area (Å²) in [5.74, 6) is 0.346. The fourth-order valence-corrected chi connectivity index (χ4v) is 3.31. The number of nitrogens with one attached hydrogen (secondary N) is 1. The molecule has 7 nitrogen and oxygen atoms in total. The highest BCUT2D eigenvalue weighted by Gasteiger charge is 2.25. The number of hydrogen-bond donors (Lipinski definition) is 1. The van der Waals surface area contributed by atoms with Crippen molar-refractivity contribution in [3.8, 4) is 11.5 Å². The third-order valence-electron chi connectivity index (χ3n) is 4.91. The van der Waals surface area contributed by atoms with Crippen LogP contribution in [-0.2, 0) is 11.8 Å². The molecule has 152 valence electrons. The van der Waals surface area contributed by atoms with Crippen LogP contribution in [0.2, 0.25) is 0 Å². The van der Waals surface area contributed by atoms with Crippen LogP contribution in [0.5, 0.6) is 11.5 Å². The maximum absolute atomic E-state index is 12.9. The van der Waals surface area contributed by atoms with Gasteiger partial charge >= 0.3 is 5.97 Å². The van der Waals surface area contributed by atoms with Gasteiger partial charge in [0.2, 0.25) is 0 Å². The van der Waals surface area contributed by atoms with Gasteiger partial charge in [-0.1, -0.05) is 0 Å². The summed E-state index contributed by atoms with van der Waals surface area (Å²) in [4.78, 5) is 25.6. The van der Waals surface area contributed by atoms with Crippen molar-refractivity contribution in [1.29, 1.82) is 0 Å². The minimum Gasteiger partial charge on any atom is -0.497 e. The molecule has 0 saturated heterocycles. The van der Waals surface area contributed by atoms with E-state index in [9.17, 15) is 9.59 Å². The largest absolute Gasteiger partial charge is 0.497 e. The Morgan fingerprint density at radius 2 is 1.72 bits per heavy atom. The van der Waals surface area contributed by atoms with Gasteiger partial charge in [-0.15, -0.1) is 0 Å². The van der Waals surface area contributed by atoms with E-state index < -0.39 is 5.97 Å². The first kappa shape index (κ1) is 20.3. The zero-order chi connectivity index (χ0) is 21.1. The molecule has 7 heteroatoms. The maximum Gasteiger partial charge on any atom is 0.340 e. The second kappa shape index (κ2) is 8.26. The summed E-state index contributed by atoms with van der Waals surface area (Å²) in [6.45, 7) is 3.85. The Balaban J connectivity index is 2.15. The summed E-state index contributed by atoms with van der Waals surface area (Å²) in [7, 11) is 4.95. The molecule has 0 spiro atoms. The summed E-state index contributed by atoms with van der Waals surface area (Å²) in [6.07, 6.45) is 0. The van der Waals surface area contributed by atoms with E-state index in [0.717, 1.165) is 11.2 Å². The van der Waals surface area contributed by atoms with Crippen LogP contribution in [0.1, 0.15) is 33.3 Å². The Kier molecular flexibility index (Phi) is 5.77. The molecule has 0 bridgehead atoms. The van der Waals surface area contributed by atoms with Gasteiger partial charge in [0, 0.05) is 23.7 Å². The van der Waals surface area contributed by atoms with Crippen LogP contribution in [0.3, 0.4) is 0 Å². The van der Waals surface area contributed by atoms with E-state index in [1.165, 1.54) is 7.11 Å². The number of esters is 1. The maximum atomic E-state index is 12.9. The van der Waals surface area contributed by atoms with E-state index in [1.807, 2.05) is 24.6 Å². The third-order valence-corrected chi connectivity index (χ3v) is 4.91. The Labute approximate surface area is 169 Å². The van der Waals surface area contributed by atoms with Crippen molar-refractivity contribution in [1.82, 2.24) is 4.57 Å². The number of aromatic nitrogens is 1. The molecule has 1 amide bonds. The quantitative estimate of drug-likeness (QED) is 0.639. The number of hydrogen-bond acceptors (Lipinski definition) is 5. The molecule has 0 unspecified atom stereocenters. The van der Waals surface area contributed by atoms with Crippen molar-refractivity contribution < 1.29 is 23.8 Å². The number of benzene rings is 2. The number of ether oxygens (including phenoxy) is 3. The standard InChI is InChI=1S/C22H24N2O5/c1-6-29-22(26)18-13(2)24(3)16-11-12-17(28-5)20(19(16)18)23-21(25)14-7-9-15(27-4)10-8-14/h7-12H,6H2,1-5H3,(H,23,25). The van der Waals surface area contributed by atoms with Crippen LogP contribution in [0.25, 0.3) is 10.9 Å². The normalized spacial score (nSPS) is 10.7. The smallest absolute Gasteiger partial charge is 0.340 e. The van der Waals surface area contributed by atoms with E-state index in [4.69, 9.17) is 14.2 Å². The Morgan fingerprint density at radius 1 is 1.03 bits per heavy atom. The summed E-state index contributed by atoms with van der Waals surface area (Å²) in [5, 5.41) is 3.50. The van der Waals surface area contributed by atoms with Crippen molar-refractivity contribution in [3.05, 3.63) is 53.2 Å². The molecule has 0 aliphatic heterocycles. The van der Waals surface area contributed by atoms with Gasteiger partial charge in [-0.25, -0.2) is 4.79 Å². The molecule has 0 radical (unpaired) electrons. The number of amides is 1. The lowest BCUT2D eigenvalue weighted by atomic mass is 10.1. The van der Waals surface area contributed by atoms with Crippen molar-refractivity contribution in [2.75, 3.05) is 26.1 Å². The van der Waals surface area contributed by atoms with Crippen LogP contribution in [0, 0.1) is 6.92 Å². The Bertz CT molecular complexity index is 1070. The second-order valence-electron chi connectivity index (χ2n) is 6.46. The topological polar surface area (TPSA) is 78.8 Å². The van der Waals surface area contributed by atoms with Crippen LogP contribution in [0.4, 0.5) is 5.69 Å². The van der Waals surface area contributed by atoms with Gasteiger partial charge in [0.15, 0.2) is 0 Å². The second-order valence-corrected chi connectivity index (χ2v) is 6.46. The lowest BCUT2D eigenvalue weighted by molar-refractivity contribution is 0.0527. The number of rotatable bonds is 6. The predicted molar refractivity (Wildman–Crippen MR) is 111 cm³/mol. The molecule has 0 fully saturated rings. The molecule has 2 aromatic carbocycles. The number of carbonyl (C=O) groups excluding carboxylic acids is 2. The average molecular weight is 396 g/mol. The highest BCUT2D eigenvalue weighted by atomic mass is 16.5. The molecule has 3 aromatic rings. The molecule has 1 aromatic heterocycles. The van der Waals surface area contributed by atoms with Gasteiger partial charge in [0.1, 0.15) is 11.5 Å². The summed E-state index contributed by atoms with van der Waals surface area (Å²) >= 11 is 0. The van der Waals surface area contributed by atoms with Crippen molar-refractivity contribution >= 4 is 28.5 Å². The first-order valence-corrected chi connectivity index (χ1v) is 9.21. The fraction of sp³-hybridized carbons (Fsp3) is 0.273. The molecule has 0 aliphatic rings. The molecule has 1 heterocycles. The summed E-state index contributed by atoms with van der Waals surface area (Å²) in [6, 6.07) is 10.4. The third kappa shape index (κ3) is 3.63. The molecule has 1 N–H and O–H groups in total. The SMILES string of the molecule is CCOC(=O)c1c(C)n(C)c2ccc(OC)c(NC(=O)c3ccc(OC)cc3)c12. The van der Waals surface area contributed by atoms with Crippen LogP contribution >= 0.6 is 0 Å². The highest BCUT2D eigenvalue weighted by Crippen LogP contribution is 2.38. The first-order valence-electron chi connectivity index (χ1n) is 9.21. The molecule has 3 rings (SSSR count). The predicted octanol–water partition coefficient (Wildman–Crippen LogP) is 3.93. The summed E-state index contributed by atoms with van der Waals surface area (Å²) in [5.41, 5.74) is 2.82. The lowest BCUT2D eigenvalue weighted by Crippen LogP contribution is -2.14. The highest BCUT2D eigenvalue weighted by molar-refractivity contribution is 6.16. The van der Waals surface area contributed by atoms with E-state index in [2.05, 4.69) is 5.32 Å². The Morgan fingerprint density at radius 3 is 2.31 bits per heavy atom. The number of nitrogens with zero attached hydrogens (tertiary/aromatic N) is 1. The zero-order valence-electron chi connectivity index (χ0n) is 17.2. The molecule has 0 saturated carbocycles. The van der Waals surface area contributed by atoms with Crippen LogP contribution < -0.4 is 14.8 Å². The number of methoxy groups -OCH3 is 2. The number of carbonyl (C=O) groups is 2. The van der Waals surface area contributed by atoms with Gasteiger partial charge in [0.05, 0.1) is 37.6 Å². The number of aryl methyl sites for hydroxylation is 1. The van der Waals surface area contributed by atoms with E-state index in [0.29, 0.717) is 33.7 Å². The van der Waals surface area contributed by atoms with Gasteiger partial charge in [-0.2, -0.15) is 0 Å². The van der Waals surface area contributed by atoms with Crippen LogP contribution in [-0.4, -0.2) is 37.3 Å².